The molecule has 1 saturated heterocycles. The summed E-state index contributed by atoms with van der Waals surface area (Å²) in [4.78, 5) is 0. The fourth-order valence-electron chi connectivity index (χ4n) is 1.85. The van der Waals surface area contributed by atoms with E-state index in [1.807, 2.05) is 31.2 Å². The molecule has 0 spiro atoms. The van der Waals surface area contributed by atoms with Crippen molar-refractivity contribution in [1.82, 2.24) is 0 Å². The first-order chi connectivity index (χ1) is 7.75. The van der Waals surface area contributed by atoms with Gasteiger partial charge in [-0.25, -0.2) is 0 Å². The zero-order valence-electron chi connectivity index (χ0n) is 9.69. The third-order valence-electron chi connectivity index (χ3n) is 2.84. The van der Waals surface area contributed by atoms with Gasteiger partial charge in [0.15, 0.2) is 0 Å². The molecule has 88 valence electrons. The zero-order chi connectivity index (χ0) is 11.4. The number of ether oxygens (including phenoxy) is 2. The first-order valence-corrected chi connectivity index (χ1v) is 5.85. The molecule has 0 radical (unpaired) electrons. The summed E-state index contributed by atoms with van der Waals surface area (Å²) in [6, 6.07) is 8.00. The minimum absolute atomic E-state index is 0.0475. The molecule has 0 bridgehead atoms. The Morgan fingerprint density at radius 2 is 2.44 bits per heavy atom. The van der Waals surface area contributed by atoms with E-state index >= 15 is 0 Å². The number of rotatable bonds is 4. The van der Waals surface area contributed by atoms with Crippen molar-refractivity contribution in [3.8, 4) is 5.75 Å². The molecule has 1 aromatic rings. The van der Waals surface area contributed by atoms with E-state index in [-0.39, 0.29) is 12.1 Å². The van der Waals surface area contributed by atoms with Crippen LogP contribution in [0.4, 0.5) is 0 Å². The molecule has 2 atom stereocenters. The third-order valence-corrected chi connectivity index (χ3v) is 2.84. The van der Waals surface area contributed by atoms with Crippen LogP contribution in [0, 0.1) is 0 Å². The summed E-state index contributed by atoms with van der Waals surface area (Å²) < 4.78 is 11.2. The summed E-state index contributed by atoms with van der Waals surface area (Å²) in [5.41, 5.74) is 6.92. The lowest BCUT2D eigenvalue weighted by Gasteiger charge is -2.13. The third kappa shape index (κ3) is 2.97. The van der Waals surface area contributed by atoms with Crippen molar-refractivity contribution >= 4 is 0 Å². The van der Waals surface area contributed by atoms with Gasteiger partial charge in [-0.1, -0.05) is 12.1 Å². The largest absolute Gasteiger partial charge is 0.491 e. The number of hydrogen-bond donors (Lipinski definition) is 1. The highest BCUT2D eigenvalue weighted by Gasteiger charge is 2.15. The summed E-state index contributed by atoms with van der Waals surface area (Å²) in [5, 5.41) is 0. The van der Waals surface area contributed by atoms with E-state index in [1.54, 1.807) is 0 Å². The van der Waals surface area contributed by atoms with Gasteiger partial charge in [0.1, 0.15) is 12.4 Å². The fourth-order valence-corrected chi connectivity index (χ4v) is 1.85. The molecule has 0 amide bonds. The van der Waals surface area contributed by atoms with Gasteiger partial charge in [0.2, 0.25) is 0 Å². The van der Waals surface area contributed by atoms with Crippen LogP contribution in [0.15, 0.2) is 24.3 Å². The lowest BCUT2D eigenvalue weighted by Crippen LogP contribution is -2.16. The Labute approximate surface area is 96.5 Å². The molecule has 1 fully saturated rings. The highest BCUT2D eigenvalue weighted by atomic mass is 16.5. The molecule has 2 unspecified atom stereocenters. The lowest BCUT2D eigenvalue weighted by molar-refractivity contribution is 0.0679. The molecular formula is C13H19NO2. The van der Waals surface area contributed by atoms with Crippen molar-refractivity contribution in [2.45, 2.75) is 31.9 Å². The van der Waals surface area contributed by atoms with Crippen LogP contribution in [0.2, 0.25) is 0 Å². The van der Waals surface area contributed by atoms with Crippen LogP contribution in [0.5, 0.6) is 5.75 Å². The Morgan fingerprint density at radius 3 is 3.12 bits per heavy atom. The van der Waals surface area contributed by atoms with Gasteiger partial charge in [-0.05, 0) is 37.5 Å². The van der Waals surface area contributed by atoms with Crippen LogP contribution in [-0.4, -0.2) is 19.3 Å². The predicted molar refractivity (Wildman–Crippen MR) is 63.5 cm³/mol. The summed E-state index contributed by atoms with van der Waals surface area (Å²) in [5.74, 6) is 0.880. The average Bonchev–Trinajstić information content (AvgIpc) is 2.79. The van der Waals surface area contributed by atoms with E-state index in [9.17, 15) is 0 Å². The van der Waals surface area contributed by atoms with Crippen LogP contribution in [0.3, 0.4) is 0 Å². The predicted octanol–water partition coefficient (Wildman–Crippen LogP) is 2.26. The van der Waals surface area contributed by atoms with Crippen molar-refractivity contribution in [1.29, 1.82) is 0 Å². The standard InChI is InChI=1S/C13H19NO2/c1-10(14)11-4-2-5-12(8-11)16-9-13-6-3-7-15-13/h2,4-5,8,10,13H,3,6-7,9,14H2,1H3. The highest BCUT2D eigenvalue weighted by Crippen LogP contribution is 2.19. The van der Waals surface area contributed by atoms with Crippen LogP contribution in [-0.2, 0) is 4.74 Å². The molecule has 2 N–H and O–H groups in total. The molecule has 1 aliphatic rings. The Hall–Kier alpha value is -1.06. The summed E-state index contributed by atoms with van der Waals surface area (Å²) in [6.07, 6.45) is 2.51. The average molecular weight is 221 g/mol. The van der Waals surface area contributed by atoms with Crippen molar-refractivity contribution in [3.63, 3.8) is 0 Å². The molecule has 3 nitrogen and oxygen atoms in total. The van der Waals surface area contributed by atoms with Gasteiger partial charge >= 0.3 is 0 Å². The van der Waals surface area contributed by atoms with E-state index in [0.717, 1.165) is 30.8 Å². The monoisotopic (exact) mass is 221 g/mol. The molecule has 1 aromatic carbocycles. The van der Waals surface area contributed by atoms with E-state index in [1.165, 1.54) is 0 Å². The van der Waals surface area contributed by atoms with Gasteiger partial charge in [-0.3, -0.25) is 0 Å². The zero-order valence-corrected chi connectivity index (χ0v) is 9.69. The Kier molecular flexibility index (Phi) is 3.80. The van der Waals surface area contributed by atoms with Gasteiger partial charge in [-0.2, -0.15) is 0 Å². The second-order valence-electron chi connectivity index (χ2n) is 4.31. The summed E-state index contributed by atoms with van der Waals surface area (Å²) in [6.45, 7) is 3.48. The Balaban J connectivity index is 1.90. The maximum Gasteiger partial charge on any atom is 0.119 e. The minimum atomic E-state index is 0.0475. The van der Waals surface area contributed by atoms with Crippen LogP contribution < -0.4 is 10.5 Å². The topological polar surface area (TPSA) is 44.5 Å². The molecule has 0 aromatic heterocycles. The minimum Gasteiger partial charge on any atom is -0.491 e. The van der Waals surface area contributed by atoms with E-state index < -0.39 is 0 Å². The Morgan fingerprint density at radius 1 is 1.56 bits per heavy atom. The number of nitrogens with two attached hydrogens (primary N) is 1. The van der Waals surface area contributed by atoms with E-state index in [2.05, 4.69) is 0 Å². The fraction of sp³-hybridized carbons (Fsp3) is 0.538. The van der Waals surface area contributed by atoms with Crippen molar-refractivity contribution in [2.75, 3.05) is 13.2 Å². The van der Waals surface area contributed by atoms with E-state index in [4.69, 9.17) is 15.2 Å². The molecule has 0 aliphatic carbocycles. The van der Waals surface area contributed by atoms with Crippen molar-refractivity contribution in [3.05, 3.63) is 29.8 Å². The van der Waals surface area contributed by atoms with Gasteiger partial charge in [0.05, 0.1) is 6.10 Å². The quantitative estimate of drug-likeness (QED) is 0.848. The smallest absolute Gasteiger partial charge is 0.119 e. The van der Waals surface area contributed by atoms with Gasteiger partial charge in [0, 0.05) is 12.6 Å². The molecule has 1 heterocycles. The molecule has 3 heteroatoms. The number of benzene rings is 1. The molecule has 0 saturated carbocycles. The normalized spacial score (nSPS) is 22.0. The molecule has 1 aliphatic heterocycles. The van der Waals surface area contributed by atoms with Crippen LogP contribution in [0.25, 0.3) is 0 Å². The first-order valence-electron chi connectivity index (χ1n) is 5.85. The highest BCUT2D eigenvalue weighted by molar-refractivity contribution is 5.30. The maximum atomic E-state index is 5.82. The summed E-state index contributed by atoms with van der Waals surface area (Å²) in [7, 11) is 0. The molecule has 2 rings (SSSR count). The Bertz CT molecular complexity index is 332. The van der Waals surface area contributed by atoms with Gasteiger partial charge in [-0.15, -0.1) is 0 Å². The van der Waals surface area contributed by atoms with Crippen molar-refractivity contribution in [2.24, 2.45) is 5.73 Å². The SMILES string of the molecule is CC(N)c1cccc(OCC2CCCO2)c1. The second-order valence-corrected chi connectivity index (χ2v) is 4.31. The van der Waals surface area contributed by atoms with Gasteiger partial charge in [0.25, 0.3) is 0 Å². The maximum absolute atomic E-state index is 5.82. The lowest BCUT2D eigenvalue weighted by atomic mass is 10.1. The molecule has 16 heavy (non-hydrogen) atoms. The molecular weight excluding hydrogens is 202 g/mol. The first kappa shape index (κ1) is 11.4. The van der Waals surface area contributed by atoms with Crippen LogP contribution >= 0.6 is 0 Å². The summed E-state index contributed by atoms with van der Waals surface area (Å²) >= 11 is 0. The second kappa shape index (κ2) is 5.32. The van der Waals surface area contributed by atoms with Crippen molar-refractivity contribution < 1.29 is 9.47 Å². The van der Waals surface area contributed by atoms with Crippen LogP contribution in [0.1, 0.15) is 31.4 Å². The number of hydrogen-bond acceptors (Lipinski definition) is 3. The van der Waals surface area contributed by atoms with Gasteiger partial charge < -0.3 is 15.2 Å². The van der Waals surface area contributed by atoms with E-state index in [0.29, 0.717) is 6.61 Å².